The minimum Gasteiger partial charge on any atom is -0.480 e. The summed E-state index contributed by atoms with van der Waals surface area (Å²) in [6.07, 6.45) is 1.52. The van der Waals surface area contributed by atoms with E-state index in [1.807, 2.05) is 22.6 Å². The standard InChI is InChI=1S/C11H18INO4/c1-5-6-8(12)13(7-9(14)15)10(16)17-11(2,3)4/h5,8H,1,6-7H2,2-4H3,(H,14,15)/t8-/m1/s1. The van der Waals surface area contributed by atoms with Crippen LogP contribution in [0.4, 0.5) is 4.79 Å². The molecule has 0 aliphatic carbocycles. The molecule has 0 radical (unpaired) electrons. The number of rotatable bonds is 5. The highest BCUT2D eigenvalue weighted by Gasteiger charge is 2.27. The number of amides is 1. The van der Waals surface area contributed by atoms with Crippen molar-refractivity contribution in [2.75, 3.05) is 6.54 Å². The largest absolute Gasteiger partial charge is 0.480 e. The third kappa shape index (κ3) is 7.19. The van der Waals surface area contributed by atoms with Crippen LogP contribution in [-0.2, 0) is 9.53 Å². The normalized spacial score (nSPS) is 12.7. The Labute approximate surface area is 115 Å². The van der Waals surface area contributed by atoms with E-state index in [-0.39, 0.29) is 10.6 Å². The number of carbonyl (C=O) groups is 2. The first kappa shape index (κ1) is 16.2. The number of hydrogen-bond donors (Lipinski definition) is 1. The number of nitrogens with zero attached hydrogens (tertiary/aromatic N) is 1. The Morgan fingerprint density at radius 1 is 1.53 bits per heavy atom. The molecule has 98 valence electrons. The average molecular weight is 355 g/mol. The molecule has 1 N–H and O–H groups in total. The lowest BCUT2D eigenvalue weighted by atomic mass is 10.2. The number of carboxylic acid groups (broad SMARTS) is 1. The summed E-state index contributed by atoms with van der Waals surface area (Å²) in [6, 6.07) is 0. The Morgan fingerprint density at radius 2 is 2.06 bits per heavy atom. The second-order valence-electron chi connectivity index (χ2n) is 4.46. The number of ether oxygens (including phenoxy) is 1. The summed E-state index contributed by atoms with van der Waals surface area (Å²) < 4.78 is 4.87. The van der Waals surface area contributed by atoms with Crippen molar-refractivity contribution in [1.29, 1.82) is 0 Å². The topological polar surface area (TPSA) is 66.8 Å². The maximum Gasteiger partial charge on any atom is 0.411 e. The summed E-state index contributed by atoms with van der Waals surface area (Å²) in [5.74, 6) is -1.07. The van der Waals surface area contributed by atoms with Crippen LogP contribution in [0.2, 0.25) is 0 Å². The average Bonchev–Trinajstić information content (AvgIpc) is 2.11. The molecular formula is C11H18INO4. The predicted molar refractivity (Wildman–Crippen MR) is 73.2 cm³/mol. The minimum absolute atomic E-state index is 0.281. The SMILES string of the molecule is C=CC[C@H](I)N(CC(=O)O)C(=O)OC(C)(C)C. The van der Waals surface area contributed by atoms with Crippen molar-refractivity contribution in [3.05, 3.63) is 12.7 Å². The number of carboxylic acids is 1. The van der Waals surface area contributed by atoms with Crippen molar-refractivity contribution in [2.45, 2.75) is 36.8 Å². The molecule has 1 amide bonds. The van der Waals surface area contributed by atoms with E-state index in [0.29, 0.717) is 6.42 Å². The summed E-state index contributed by atoms with van der Waals surface area (Å²) >= 11 is 1.99. The molecule has 0 aliphatic rings. The highest BCUT2D eigenvalue weighted by atomic mass is 127. The molecule has 0 saturated carbocycles. The van der Waals surface area contributed by atoms with Gasteiger partial charge in [-0.25, -0.2) is 4.79 Å². The summed E-state index contributed by atoms with van der Waals surface area (Å²) in [4.78, 5) is 23.7. The predicted octanol–water partition coefficient (Wildman–Crippen LogP) is 2.65. The monoisotopic (exact) mass is 355 g/mol. The van der Waals surface area contributed by atoms with Crippen LogP contribution < -0.4 is 0 Å². The van der Waals surface area contributed by atoms with E-state index >= 15 is 0 Å². The highest BCUT2D eigenvalue weighted by Crippen LogP contribution is 2.17. The van der Waals surface area contributed by atoms with Gasteiger partial charge in [0.05, 0.1) is 4.05 Å². The number of alkyl halides is 1. The molecule has 1 atom stereocenters. The Balaban J connectivity index is 4.72. The van der Waals surface area contributed by atoms with E-state index in [0.717, 1.165) is 0 Å². The smallest absolute Gasteiger partial charge is 0.411 e. The summed E-state index contributed by atoms with van der Waals surface area (Å²) in [5.41, 5.74) is -0.641. The lowest BCUT2D eigenvalue weighted by Gasteiger charge is -2.29. The highest BCUT2D eigenvalue weighted by molar-refractivity contribution is 14.1. The van der Waals surface area contributed by atoms with E-state index in [4.69, 9.17) is 9.84 Å². The van der Waals surface area contributed by atoms with Gasteiger partial charge in [0.15, 0.2) is 0 Å². The molecule has 17 heavy (non-hydrogen) atoms. The Morgan fingerprint density at radius 3 is 2.41 bits per heavy atom. The molecule has 0 aromatic carbocycles. The van der Waals surface area contributed by atoms with Crippen LogP contribution in [0.25, 0.3) is 0 Å². The van der Waals surface area contributed by atoms with Gasteiger partial charge in [-0.1, -0.05) is 28.7 Å². The Kier molecular flexibility index (Phi) is 6.51. The summed E-state index contributed by atoms with van der Waals surface area (Å²) in [6.45, 7) is 8.39. The van der Waals surface area contributed by atoms with Crippen molar-refractivity contribution < 1.29 is 19.4 Å². The van der Waals surface area contributed by atoms with Gasteiger partial charge < -0.3 is 9.84 Å². The zero-order valence-corrected chi connectivity index (χ0v) is 12.4. The fraction of sp³-hybridized carbons (Fsp3) is 0.636. The lowest BCUT2D eigenvalue weighted by Crippen LogP contribution is -2.43. The second kappa shape index (κ2) is 6.83. The van der Waals surface area contributed by atoms with Gasteiger partial charge in [-0.3, -0.25) is 9.69 Å². The third-order valence-electron chi connectivity index (χ3n) is 1.63. The van der Waals surface area contributed by atoms with Crippen molar-refractivity contribution >= 4 is 34.7 Å². The molecule has 0 aromatic rings. The Bertz CT molecular complexity index is 298. The van der Waals surface area contributed by atoms with Gasteiger partial charge in [-0.15, -0.1) is 6.58 Å². The molecule has 0 fully saturated rings. The number of aliphatic carboxylic acids is 1. The fourth-order valence-electron chi connectivity index (χ4n) is 1.01. The molecular weight excluding hydrogens is 337 g/mol. The molecule has 0 saturated heterocycles. The molecule has 0 aromatic heterocycles. The van der Waals surface area contributed by atoms with Gasteiger partial charge in [0.2, 0.25) is 0 Å². The van der Waals surface area contributed by atoms with Crippen LogP contribution in [0.5, 0.6) is 0 Å². The molecule has 0 aliphatic heterocycles. The first-order valence-corrected chi connectivity index (χ1v) is 6.38. The molecule has 0 bridgehead atoms. The first-order valence-electron chi connectivity index (χ1n) is 5.13. The van der Waals surface area contributed by atoms with Crippen molar-refractivity contribution in [1.82, 2.24) is 4.90 Å². The van der Waals surface area contributed by atoms with Crippen LogP contribution in [0.3, 0.4) is 0 Å². The molecule has 6 heteroatoms. The molecule has 0 spiro atoms. The summed E-state index contributed by atoms with van der Waals surface area (Å²) in [5, 5.41) is 8.77. The van der Waals surface area contributed by atoms with Crippen LogP contribution in [0, 0.1) is 0 Å². The Hall–Kier alpha value is -0.790. The molecule has 0 rings (SSSR count). The van der Waals surface area contributed by atoms with Crippen LogP contribution in [-0.4, -0.2) is 38.3 Å². The maximum atomic E-state index is 11.8. The van der Waals surface area contributed by atoms with Gasteiger partial charge in [0, 0.05) is 0 Å². The zero-order chi connectivity index (χ0) is 13.6. The lowest BCUT2D eigenvalue weighted by molar-refractivity contribution is -0.138. The van der Waals surface area contributed by atoms with Gasteiger partial charge in [0.25, 0.3) is 0 Å². The minimum atomic E-state index is -1.07. The van der Waals surface area contributed by atoms with E-state index in [2.05, 4.69) is 6.58 Å². The fourth-order valence-corrected chi connectivity index (χ4v) is 1.79. The van der Waals surface area contributed by atoms with Crippen molar-refractivity contribution in [2.24, 2.45) is 0 Å². The van der Waals surface area contributed by atoms with Crippen LogP contribution in [0.15, 0.2) is 12.7 Å². The number of halogens is 1. The molecule has 0 unspecified atom stereocenters. The van der Waals surface area contributed by atoms with Gasteiger partial charge in [0.1, 0.15) is 12.1 Å². The maximum absolute atomic E-state index is 11.8. The van der Waals surface area contributed by atoms with E-state index in [1.165, 1.54) is 4.90 Å². The number of hydrogen-bond acceptors (Lipinski definition) is 3. The summed E-state index contributed by atoms with van der Waals surface area (Å²) in [7, 11) is 0. The quantitative estimate of drug-likeness (QED) is 0.356. The first-order chi connectivity index (χ1) is 7.67. The van der Waals surface area contributed by atoms with Crippen molar-refractivity contribution in [3.8, 4) is 0 Å². The van der Waals surface area contributed by atoms with E-state index < -0.39 is 17.7 Å². The van der Waals surface area contributed by atoms with Crippen LogP contribution in [0.1, 0.15) is 27.2 Å². The third-order valence-corrected chi connectivity index (χ3v) is 2.81. The number of carbonyl (C=O) groups excluding carboxylic acids is 1. The molecule has 0 heterocycles. The zero-order valence-electron chi connectivity index (χ0n) is 10.3. The van der Waals surface area contributed by atoms with Gasteiger partial charge in [-0.05, 0) is 27.2 Å². The van der Waals surface area contributed by atoms with E-state index in [9.17, 15) is 9.59 Å². The van der Waals surface area contributed by atoms with Gasteiger partial charge in [-0.2, -0.15) is 0 Å². The van der Waals surface area contributed by atoms with Gasteiger partial charge >= 0.3 is 12.1 Å². The van der Waals surface area contributed by atoms with E-state index in [1.54, 1.807) is 26.8 Å². The van der Waals surface area contributed by atoms with Crippen molar-refractivity contribution in [3.63, 3.8) is 0 Å². The second-order valence-corrected chi connectivity index (χ2v) is 5.90. The molecule has 5 nitrogen and oxygen atoms in total. The van der Waals surface area contributed by atoms with Crippen LogP contribution >= 0.6 is 22.6 Å².